The zero-order valence-electron chi connectivity index (χ0n) is 15.9. The number of piperidine rings is 1. The first-order valence-corrected chi connectivity index (χ1v) is 10.1. The molecule has 0 unspecified atom stereocenters. The average Bonchev–Trinajstić information content (AvgIpc) is 2.70. The molecule has 2 amide bonds. The molecule has 2 aliphatic rings. The van der Waals surface area contributed by atoms with Crippen LogP contribution in [0.3, 0.4) is 0 Å². The van der Waals surface area contributed by atoms with Gasteiger partial charge in [0.1, 0.15) is 5.75 Å². The highest BCUT2D eigenvalue weighted by atomic mass is 16.6. The normalized spacial score (nSPS) is 18.9. The molecule has 2 N–H and O–H groups in total. The molecule has 0 bridgehead atoms. The quantitative estimate of drug-likeness (QED) is 0.822. The summed E-state index contributed by atoms with van der Waals surface area (Å²) in [7, 11) is 0. The summed E-state index contributed by atoms with van der Waals surface area (Å²) in [5.74, 6) is 1.31. The first kappa shape index (κ1) is 19.7. The maximum absolute atomic E-state index is 12.2. The van der Waals surface area contributed by atoms with Gasteiger partial charge in [0.25, 0.3) is 0 Å². The Labute approximate surface area is 160 Å². The van der Waals surface area contributed by atoms with Crippen LogP contribution in [0.1, 0.15) is 51.4 Å². The number of amides is 2. The third kappa shape index (κ3) is 5.96. The van der Waals surface area contributed by atoms with E-state index in [2.05, 4.69) is 5.32 Å². The number of nitrogens with one attached hydrogen (secondary N) is 1. The van der Waals surface area contributed by atoms with Crippen LogP contribution in [-0.2, 0) is 4.79 Å². The van der Waals surface area contributed by atoms with Gasteiger partial charge >= 0.3 is 6.09 Å². The fraction of sp³-hybridized carbons (Fsp3) is 0.619. The van der Waals surface area contributed by atoms with Crippen molar-refractivity contribution in [2.45, 2.75) is 51.4 Å². The van der Waals surface area contributed by atoms with E-state index in [4.69, 9.17) is 9.84 Å². The van der Waals surface area contributed by atoms with Gasteiger partial charge in [0, 0.05) is 31.8 Å². The van der Waals surface area contributed by atoms with Crippen LogP contribution in [0.5, 0.6) is 5.75 Å². The summed E-state index contributed by atoms with van der Waals surface area (Å²) < 4.78 is 5.42. The third-order valence-electron chi connectivity index (χ3n) is 5.67. The molecule has 1 aliphatic heterocycles. The minimum absolute atomic E-state index is 0.0541. The number of nitrogens with zero attached hydrogens (tertiary/aromatic N) is 1. The maximum atomic E-state index is 12.2. The van der Waals surface area contributed by atoms with Gasteiger partial charge < -0.3 is 20.1 Å². The fourth-order valence-corrected chi connectivity index (χ4v) is 3.94. The molecule has 1 saturated carbocycles. The number of carbonyl (C=O) groups excluding carboxylic acids is 2. The number of carbonyl (C=O) groups is 2. The molecule has 1 aromatic rings. The third-order valence-corrected chi connectivity index (χ3v) is 5.67. The van der Waals surface area contributed by atoms with Crippen molar-refractivity contribution in [3.8, 4) is 5.75 Å². The molecule has 6 nitrogen and oxygen atoms in total. The highest BCUT2D eigenvalue weighted by Crippen LogP contribution is 2.27. The number of hydrogen-bond donors (Lipinski definition) is 2. The summed E-state index contributed by atoms with van der Waals surface area (Å²) in [4.78, 5) is 26.1. The van der Waals surface area contributed by atoms with Gasteiger partial charge in [-0.2, -0.15) is 0 Å². The monoisotopic (exact) mass is 374 g/mol. The number of anilines is 1. The van der Waals surface area contributed by atoms with Crippen LogP contribution in [-0.4, -0.2) is 41.7 Å². The predicted molar refractivity (Wildman–Crippen MR) is 104 cm³/mol. The molecule has 0 radical (unpaired) electrons. The van der Waals surface area contributed by atoms with Crippen molar-refractivity contribution in [3.05, 3.63) is 24.3 Å². The first-order chi connectivity index (χ1) is 13.1. The Morgan fingerprint density at radius 1 is 1.00 bits per heavy atom. The highest BCUT2D eigenvalue weighted by Gasteiger charge is 2.23. The van der Waals surface area contributed by atoms with Gasteiger partial charge in [0.15, 0.2) is 0 Å². The Morgan fingerprint density at radius 3 is 2.30 bits per heavy atom. The van der Waals surface area contributed by atoms with Crippen molar-refractivity contribution < 1.29 is 19.4 Å². The molecule has 1 heterocycles. The van der Waals surface area contributed by atoms with E-state index in [-0.39, 0.29) is 24.5 Å². The van der Waals surface area contributed by atoms with Crippen LogP contribution >= 0.6 is 0 Å². The summed E-state index contributed by atoms with van der Waals surface area (Å²) >= 11 is 0. The molecule has 148 valence electrons. The van der Waals surface area contributed by atoms with Gasteiger partial charge in [0.05, 0.1) is 0 Å². The Morgan fingerprint density at radius 2 is 1.67 bits per heavy atom. The molecule has 2 fully saturated rings. The van der Waals surface area contributed by atoms with Crippen LogP contribution in [0.25, 0.3) is 0 Å². The number of benzene rings is 1. The van der Waals surface area contributed by atoms with Crippen LogP contribution in [0.2, 0.25) is 0 Å². The predicted octanol–water partition coefficient (Wildman–Crippen LogP) is 3.80. The first-order valence-electron chi connectivity index (χ1n) is 10.1. The Bertz CT molecular complexity index is 618. The van der Waals surface area contributed by atoms with Crippen molar-refractivity contribution in [2.24, 2.45) is 11.8 Å². The van der Waals surface area contributed by atoms with Crippen LogP contribution in [0.4, 0.5) is 10.5 Å². The van der Waals surface area contributed by atoms with Crippen LogP contribution in [0, 0.1) is 11.8 Å². The Balaban J connectivity index is 1.44. The minimum Gasteiger partial charge on any atom is -0.410 e. The molecule has 1 aliphatic carbocycles. The second kappa shape index (κ2) is 9.74. The van der Waals surface area contributed by atoms with E-state index >= 15 is 0 Å². The molecule has 1 saturated heterocycles. The van der Waals surface area contributed by atoms with Crippen molar-refractivity contribution >= 4 is 17.7 Å². The number of likely N-dealkylation sites (tertiary alicyclic amines) is 1. The van der Waals surface area contributed by atoms with Crippen LogP contribution < -0.4 is 10.1 Å². The molecule has 1 aromatic carbocycles. The zero-order chi connectivity index (χ0) is 19.1. The SMILES string of the molecule is O=C(CC1CCCCC1)Nc1ccc(OC(=O)N2CCC(CO)CC2)cc1. The van der Waals surface area contributed by atoms with Gasteiger partial charge in [0.2, 0.25) is 5.91 Å². The van der Waals surface area contributed by atoms with Gasteiger partial charge in [-0.25, -0.2) is 4.79 Å². The molecule has 0 aromatic heterocycles. The Kier molecular flexibility index (Phi) is 7.10. The zero-order valence-corrected chi connectivity index (χ0v) is 15.9. The fourth-order valence-electron chi connectivity index (χ4n) is 3.94. The van der Waals surface area contributed by atoms with Crippen molar-refractivity contribution in [1.29, 1.82) is 0 Å². The highest BCUT2D eigenvalue weighted by molar-refractivity contribution is 5.90. The molecule has 0 spiro atoms. The Hall–Kier alpha value is -2.08. The van der Waals surface area contributed by atoms with Crippen molar-refractivity contribution in [3.63, 3.8) is 0 Å². The van der Waals surface area contributed by atoms with E-state index in [1.54, 1.807) is 29.2 Å². The molecular weight excluding hydrogens is 344 g/mol. The smallest absolute Gasteiger partial charge is 0.410 e. The number of rotatable bonds is 5. The van der Waals surface area contributed by atoms with Gasteiger partial charge in [-0.3, -0.25) is 4.79 Å². The lowest BCUT2D eigenvalue weighted by Crippen LogP contribution is -2.40. The lowest BCUT2D eigenvalue weighted by molar-refractivity contribution is -0.117. The van der Waals surface area contributed by atoms with E-state index in [1.165, 1.54) is 19.3 Å². The number of aliphatic hydroxyl groups excluding tert-OH is 1. The average molecular weight is 374 g/mol. The lowest BCUT2D eigenvalue weighted by Gasteiger charge is -2.30. The number of hydrogen-bond acceptors (Lipinski definition) is 4. The second-order valence-corrected chi connectivity index (χ2v) is 7.76. The summed E-state index contributed by atoms with van der Waals surface area (Å²) in [6, 6.07) is 6.93. The number of ether oxygens (including phenoxy) is 1. The van der Waals surface area contributed by atoms with E-state index < -0.39 is 0 Å². The van der Waals surface area contributed by atoms with Crippen molar-refractivity contribution in [1.82, 2.24) is 4.90 Å². The lowest BCUT2D eigenvalue weighted by atomic mass is 9.87. The minimum atomic E-state index is -0.361. The van der Waals surface area contributed by atoms with E-state index in [0.717, 1.165) is 31.4 Å². The molecule has 0 atom stereocenters. The van der Waals surface area contributed by atoms with Crippen molar-refractivity contribution in [2.75, 3.05) is 25.0 Å². The molecule has 3 rings (SSSR count). The van der Waals surface area contributed by atoms with Crippen LogP contribution in [0.15, 0.2) is 24.3 Å². The van der Waals surface area contributed by atoms with E-state index in [1.807, 2.05) is 0 Å². The van der Waals surface area contributed by atoms with E-state index in [9.17, 15) is 9.59 Å². The number of aliphatic hydroxyl groups is 1. The largest absolute Gasteiger partial charge is 0.415 e. The maximum Gasteiger partial charge on any atom is 0.415 e. The standard InChI is InChI=1S/C21H30N2O4/c24-15-17-10-12-23(13-11-17)21(26)27-19-8-6-18(7-9-19)22-20(25)14-16-4-2-1-3-5-16/h6-9,16-17,24H,1-5,10-15H2,(H,22,25). The van der Waals surface area contributed by atoms with E-state index in [0.29, 0.717) is 31.2 Å². The second-order valence-electron chi connectivity index (χ2n) is 7.76. The molecule has 6 heteroatoms. The molecular formula is C21H30N2O4. The van der Waals surface area contributed by atoms with Gasteiger partial charge in [-0.1, -0.05) is 19.3 Å². The summed E-state index contributed by atoms with van der Waals surface area (Å²) in [5.41, 5.74) is 0.722. The summed E-state index contributed by atoms with van der Waals surface area (Å²) in [6.07, 6.45) is 7.88. The van der Waals surface area contributed by atoms with Gasteiger partial charge in [-0.05, 0) is 61.8 Å². The summed E-state index contributed by atoms with van der Waals surface area (Å²) in [5, 5.41) is 12.1. The molecule has 27 heavy (non-hydrogen) atoms. The van der Waals surface area contributed by atoms with Gasteiger partial charge in [-0.15, -0.1) is 0 Å². The summed E-state index contributed by atoms with van der Waals surface area (Å²) in [6.45, 7) is 1.40. The topological polar surface area (TPSA) is 78.9 Å².